The van der Waals surface area contributed by atoms with Crippen LogP contribution in [0.15, 0.2) is 18.2 Å². The van der Waals surface area contributed by atoms with Crippen LogP contribution >= 0.6 is 0 Å². The first-order valence-electron chi connectivity index (χ1n) is 4.58. The lowest BCUT2D eigenvalue weighted by molar-refractivity contribution is 0.593. The average molecular weight is 229 g/mol. The van der Waals surface area contributed by atoms with E-state index in [-0.39, 0.29) is 0 Å². The van der Waals surface area contributed by atoms with Crippen LogP contribution in [0.25, 0.3) is 0 Å². The lowest BCUT2D eigenvalue weighted by Crippen LogP contribution is -2.26. The number of nitrogens with two attached hydrogens (primary N) is 1. The SMILES string of the molecule is CCc1ccc(NS(=O)(=O)NC)cc1N. The second kappa shape index (κ2) is 4.50. The van der Waals surface area contributed by atoms with Crippen molar-refractivity contribution < 1.29 is 8.42 Å². The van der Waals surface area contributed by atoms with Crippen LogP contribution in [0.2, 0.25) is 0 Å². The van der Waals surface area contributed by atoms with Gasteiger partial charge >= 0.3 is 0 Å². The highest BCUT2D eigenvalue weighted by atomic mass is 32.2. The Morgan fingerprint density at radius 1 is 1.40 bits per heavy atom. The van der Waals surface area contributed by atoms with Crippen molar-refractivity contribution >= 4 is 21.6 Å². The highest BCUT2D eigenvalue weighted by Crippen LogP contribution is 2.18. The Morgan fingerprint density at radius 2 is 2.07 bits per heavy atom. The van der Waals surface area contributed by atoms with E-state index in [0.29, 0.717) is 11.4 Å². The molecule has 1 aromatic rings. The zero-order chi connectivity index (χ0) is 11.5. The number of benzene rings is 1. The summed E-state index contributed by atoms with van der Waals surface area (Å²) in [5.41, 5.74) is 7.79. The molecule has 0 aliphatic heterocycles. The second-order valence-corrected chi connectivity index (χ2v) is 4.70. The molecular formula is C9H15N3O2S. The van der Waals surface area contributed by atoms with Crippen LogP contribution in [0.4, 0.5) is 11.4 Å². The molecule has 5 nitrogen and oxygen atoms in total. The van der Waals surface area contributed by atoms with E-state index >= 15 is 0 Å². The minimum absolute atomic E-state index is 0.457. The maximum Gasteiger partial charge on any atom is 0.298 e. The summed E-state index contributed by atoms with van der Waals surface area (Å²) in [6.07, 6.45) is 0.824. The third kappa shape index (κ3) is 3.10. The van der Waals surface area contributed by atoms with Crippen molar-refractivity contribution in [3.05, 3.63) is 23.8 Å². The minimum atomic E-state index is -3.46. The Balaban J connectivity index is 2.94. The Bertz CT molecular complexity index is 443. The lowest BCUT2D eigenvalue weighted by Gasteiger charge is -2.09. The molecule has 0 aromatic heterocycles. The fraction of sp³-hybridized carbons (Fsp3) is 0.333. The smallest absolute Gasteiger partial charge is 0.298 e. The number of nitrogen functional groups attached to an aromatic ring is 1. The lowest BCUT2D eigenvalue weighted by atomic mass is 10.1. The van der Waals surface area contributed by atoms with Gasteiger partial charge in [0, 0.05) is 12.7 Å². The molecule has 6 heteroatoms. The molecule has 0 saturated carbocycles. The summed E-state index contributed by atoms with van der Waals surface area (Å²) >= 11 is 0. The molecule has 0 bridgehead atoms. The number of anilines is 2. The van der Waals surface area contributed by atoms with E-state index in [9.17, 15) is 8.42 Å². The number of rotatable bonds is 4. The molecule has 15 heavy (non-hydrogen) atoms. The van der Waals surface area contributed by atoms with Crippen molar-refractivity contribution in [3.63, 3.8) is 0 Å². The van der Waals surface area contributed by atoms with E-state index in [1.165, 1.54) is 7.05 Å². The van der Waals surface area contributed by atoms with Gasteiger partial charge in [0.25, 0.3) is 10.2 Å². The summed E-state index contributed by atoms with van der Waals surface area (Å²) in [4.78, 5) is 0. The van der Waals surface area contributed by atoms with Gasteiger partial charge in [-0.1, -0.05) is 13.0 Å². The van der Waals surface area contributed by atoms with Crippen molar-refractivity contribution in [2.24, 2.45) is 0 Å². The first kappa shape index (κ1) is 11.8. The maximum atomic E-state index is 11.2. The molecule has 1 rings (SSSR count). The van der Waals surface area contributed by atoms with E-state index in [4.69, 9.17) is 5.73 Å². The molecule has 0 amide bonds. The largest absolute Gasteiger partial charge is 0.398 e. The number of hydrogen-bond donors (Lipinski definition) is 3. The predicted molar refractivity (Wildman–Crippen MR) is 61.8 cm³/mol. The van der Waals surface area contributed by atoms with Crippen LogP contribution in [-0.4, -0.2) is 15.5 Å². The van der Waals surface area contributed by atoms with E-state index in [1.807, 2.05) is 13.0 Å². The normalized spacial score (nSPS) is 11.3. The molecule has 0 radical (unpaired) electrons. The van der Waals surface area contributed by atoms with Crippen LogP contribution in [0.3, 0.4) is 0 Å². The summed E-state index contributed by atoms with van der Waals surface area (Å²) in [6.45, 7) is 1.99. The molecule has 0 saturated heterocycles. The molecule has 4 N–H and O–H groups in total. The van der Waals surface area contributed by atoms with Gasteiger partial charge in [-0.25, -0.2) is 4.72 Å². The van der Waals surface area contributed by atoms with Crippen LogP contribution in [0.1, 0.15) is 12.5 Å². The Hall–Kier alpha value is -1.27. The Labute approximate surface area is 89.9 Å². The van der Waals surface area contributed by atoms with Crippen LogP contribution < -0.4 is 15.2 Å². The number of nitrogens with one attached hydrogen (secondary N) is 2. The molecule has 0 aliphatic carbocycles. The van der Waals surface area contributed by atoms with Gasteiger partial charge in [-0.15, -0.1) is 0 Å². The predicted octanol–water partition coefficient (Wildman–Crippen LogP) is 0.707. The molecular weight excluding hydrogens is 214 g/mol. The van der Waals surface area contributed by atoms with Gasteiger partial charge in [0.1, 0.15) is 0 Å². The summed E-state index contributed by atoms with van der Waals surface area (Å²) in [7, 11) is -2.13. The molecule has 0 heterocycles. The topological polar surface area (TPSA) is 84.2 Å². The highest BCUT2D eigenvalue weighted by Gasteiger charge is 2.06. The molecule has 1 aromatic carbocycles. The van der Waals surface area contributed by atoms with Crippen molar-refractivity contribution in [2.45, 2.75) is 13.3 Å². The van der Waals surface area contributed by atoms with Gasteiger partial charge in [-0.2, -0.15) is 8.42 Å². The summed E-state index contributed by atoms with van der Waals surface area (Å²) in [5.74, 6) is 0. The van der Waals surface area contributed by atoms with Crippen LogP contribution in [-0.2, 0) is 16.6 Å². The molecule has 0 aliphatic rings. The fourth-order valence-electron chi connectivity index (χ4n) is 1.19. The van der Waals surface area contributed by atoms with Crippen molar-refractivity contribution in [3.8, 4) is 0 Å². The summed E-state index contributed by atoms with van der Waals surface area (Å²) < 4.78 is 26.8. The molecule has 84 valence electrons. The van der Waals surface area contributed by atoms with E-state index in [1.54, 1.807) is 12.1 Å². The van der Waals surface area contributed by atoms with Gasteiger partial charge < -0.3 is 5.73 Å². The van der Waals surface area contributed by atoms with Crippen molar-refractivity contribution in [1.82, 2.24) is 4.72 Å². The van der Waals surface area contributed by atoms with Crippen LogP contribution in [0.5, 0.6) is 0 Å². The minimum Gasteiger partial charge on any atom is -0.398 e. The number of hydrogen-bond acceptors (Lipinski definition) is 3. The number of aryl methyl sites for hydroxylation is 1. The quantitative estimate of drug-likeness (QED) is 0.665. The van der Waals surface area contributed by atoms with Gasteiger partial charge in [0.05, 0.1) is 5.69 Å². The van der Waals surface area contributed by atoms with Crippen molar-refractivity contribution in [1.29, 1.82) is 0 Å². The third-order valence-electron chi connectivity index (χ3n) is 2.05. The summed E-state index contributed by atoms with van der Waals surface area (Å²) in [6, 6.07) is 5.10. The van der Waals surface area contributed by atoms with E-state index in [2.05, 4.69) is 9.44 Å². The van der Waals surface area contributed by atoms with Gasteiger partial charge in [0.15, 0.2) is 0 Å². The standard InChI is InChI=1S/C9H15N3O2S/c1-3-7-4-5-8(6-9(7)10)12-15(13,14)11-2/h4-6,11-12H,3,10H2,1-2H3. The maximum absolute atomic E-state index is 11.2. The van der Waals surface area contributed by atoms with E-state index in [0.717, 1.165) is 12.0 Å². The molecule has 0 fully saturated rings. The second-order valence-electron chi connectivity index (χ2n) is 3.08. The van der Waals surface area contributed by atoms with Gasteiger partial charge in [0.2, 0.25) is 0 Å². The Morgan fingerprint density at radius 3 is 2.53 bits per heavy atom. The molecule has 0 spiro atoms. The monoisotopic (exact) mass is 229 g/mol. The zero-order valence-corrected chi connectivity index (χ0v) is 9.56. The van der Waals surface area contributed by atoms with E-state index < -0.39 is 10.2 Å². The fourth-order valence-corrected chi connectivity index (χ4v) is 1.73. The first-order valence-corrected chi connectivity index (χ1v) is 6.06. The van der Waals surface area contributed by atoms with Gasteiger partial charge in [-0.3, -0.25) is 4.72 Å². The molecule has 0 atom stereocenters. The highest BCUT2D eigenvalue weighted by molar-refractivity contribution is 7.90. The summed E-state index contributed by atoms with van der Waals surface area (Å²) in [5, 5.41) is 0. The molecule has 0 unspecified atom stereocenters. The van der Waals surface area contributed by atoms with Crippen molar-refractivity contribution in [2.75, 3.05) is 17.5 Å². The van der Waals surface area contributed by atoms with Crippen LogP contribution in [0, 0.1) is 0 Å². The average Bonchev–Trinajstić information content (AvgIpc) is 2.17. The third-order valence-corrected chi connectivity index (χ3v) is 3.09. The Kier molecular flexibility index (Phi) is 3.54. The first-order chi connectivity index (χ1) is 6.98. The van der Waals surface area contributed by atoms with Gasteiger partial charge in [-0.05, 0) is 24.1 Å². The zero-order valence-electron chi connectivity index (χ0n) is 8.74.